The molecule has 0 spiro atoms. The molecule has 108 valence electrons. The topological polar surface area (TPSA) is 33.3 Å². The fourth-order valence-corrected chi connectivity index (χ4v) is 1.83. The van der Waals surface area contributed by atoms with E-state index in [9.17, 15) is 0 Å². The molecule has 3 heteroatoms. The Morgan fingerprint density at radius 1 is 1.05 bits per heavy atom. The maximum absolute atomic E-state index is 5.42. The Morgan fingerprint density at radius 3 is 2.37 bits per heavy atom. The minimum Gasteiger partial charge on any atom is -0.494 e. The van der Waals surface area contributed by atoms with Crippen molar-refractivity contribution < 1.29 is 4.74 Å². The van der Waals surface area contributed by atoms with E-state index in [0.717, 1.165) is 44.5 Å². The summed E-state index contributed by atoms with van der Waals surface area (Å²) >= 11 is 0. The van der Waals surface area contributed by atoms with Gasteiger partial charge in [0.1, 0.15) is 5.75 Å². The molecule has 0 unspecified atom stereocenters. The Morgan fingerprint density at radius 2 is 1.74 bits per heavy atom. The van der Waals surface area contributed by atoms with Crippen LogP contribution in [0.25, 0.3) is 0 Å². The van der Waals surface area contributed by atoms with Crippen molar-refractivity contribution in [2.75, 3.05) is 26.2 Å². The predicted molar refractivity (Wildman–Crippen MR) is 81.6 cm³/mol. The van der Waals surface area contributed by atoms with Gasteiger partial charge in [-0.05, 0) is 56.6 Å². The molecule has 0 aliphatic rings. The Kier molecular flexibility index (Phi) is 8.26. The number of benzene rings is 1. The van der Waals surface area contributed by atoms with Gasteiger partial charge in [0.2, 0.25) is 0 Å². The van der Waals surface area contributed by atoms with Gasteiger partial charge in [-0.2, -0.15) is 0 Å². The van der Waals surface area contributed by atoms with Crippen molar-refractivity contribution in [1.29, 1.82) is 0 Å². The van der Waals surface area contributed by atoms with Crippen LogP contribution in [0.2, 0.25) is 0 Å². The molecule has 1 aromatic carbocycles. The van der Waals surface area contributed by atoms with Gasteiger partial charge in [-0.1, -0.05) is 26.0 Å². The zero-order valence-electron chi connectivity index (χ0n) is 12.5. The van der Waals surface area contributed by atoms with E-state index in [1.807, 2.05) is 19.1 Å². The van der Waals surface area contributed by atoms with E-state index in [4.69, 9.17) is 4.74 Å². The second-order valence-electron chi connectivity index (χ2n) is 5.21. The second kappa shape index (κ2) is 9.82. The first-order chi connectivity index (χ1) is 9.22. The summed E-state index contributed by atoms with van der Waals surface area (Å²) in [5.74, 6) is 1.68. The van der Waals surface area contributed by atoms with E-state index in [0.29, 0.717) is 0 Å². The van der Waals surface area contributed by atoms with Gasteiger partial charge in [-0.3, -0.25) is 0 Å². The maximum atomic E-state index is 5.42. The number of hydrogen-bond acceptors (Lipinski definition) is 3. The molecule has 0 saturated carbocycles. The highest BCUT2D eigenvalue weighted by molar-refractivity contribution is 5.27. The monoisotopic (exact) mass is 264 g/mol. The molecular weight excluding hydrogens is 236 g/mol. The molecule has 0 atom stereocenters. The van der Waals surface area contributed by atoms with Gasteiger partial charge in [-0.25, -0.2) is 0 Å². The lowest BCUT2D eigenvalue weighted by Crippen LogP contribution is -2.24. The molecule has 0 saturated heterocycles. The highest BCUT2D eigenvalue weighted by Gasteiger charge is 1.95. The van der Waals surface area contributed by atoms with Gasteiger partial charge < -0.3 is 15.4 Å². The molecule has 19 heavy (non-hydrogen) atoms. The van der Waals surface area contributed by atoms with Gasteiger partial charge >= 0.3 is 0 Å². The SMILES string of the molecule is CCOc1ccc(CNCCCNCC(C)C)cc1. The van der Waals surface area contributed by atoms with Crippen molar-refractivity contribution in [2.45, 2.75) is 33.7 Å². The van der Waals surface area contributed by atoms with Crippen molar-refractivity contribution in [1.82, 2.24) is 10.6 Å². The summed E-state index contributed by atoms with van der Waals surface area (Å²) in [6, 6.07) is 8.30. The van der Waals surface area contributed by atoms with Gasteiger partial charge in [0, 0.05) is 6.54 Å². The molecule has 0 fully saturated rings. The Balaban J connectivity index is 2.05. The third kappa shape index (κ3) is 7.85. The van der Waals surface area contributed by atoms with Crippen LogP contribution in [0.4, 0.5) is 0 Å². The predicted octanol–water partition coefficient (Wildman–Crippen LogP) is 2.81. The van der Waals surface area contributed by atoms with Crippen molar-refractivity contribution >= 4 is 0 Å². The van der Waals surface area contributed by atoms with E-state index >= 15 is 0 Å². The molecule has 0 amide bonds. The van der Waals surface area contributed by atoms with Gasteiger partial charge in [0.15, 0.2) is 0 Å². The lowest BCUT2D eigenvalue weighted by Gasteiger charge is -2.08. The lowest BCUT2D eigenvalue weighted by molar-refractivity contribution is 0.340. The third-order valence-electron chi connectivity index (χ3n) is 2.82. The van der Waals surface area contributed by atoms with Crippen molar-refractivity contribution in [2.24, 2.45) is 5.92 Å². The van der Waals surface area contributed by atoms with Crippen LogP contribution >= 0.6 is 0 Å². The average molecular weight is 264 g/mol. The molecule has 0 aliphatic heterocycles. The highest BCUT2D eigenvalue weighted by Crippen LogP contribution is 2.11. The Hall–Kier alpha value is -1.06. The van der Waals surface area contributed by atoms with Crippen LogP contribution in [0.5, 0.6) is 5.75 Å². The smallest absolute Gasteiger partial charge is 0.119 e. The van der Waals surface area contributed by atoms with Crippen molar-refractivity contribution in [3.05, 3.63) is 29.8 Å². The van der Waals surface area contributed by atoms with Gasteiger partial charge in [0.05, 0.1) is 6.61 Å². The van der Waals surface area contributed by atoms with Crippen LogP contribution in [0.15, 0.2) is 24.3 Å². The van der Waals surface area contributed by atoms with E-state index < -0.39 is 0 Å². The normalized spacial score (nSPS) is 10.9. The first-order valence-electron chi connectivity index (χ1n) is 7.35. The molecule has 0 radical (unpaired) electrons. The molecule has 3 nitrogen and oxygen atoms in total. The first kappa shape index (κ1) is 16.0. The summed E-state index contributed by atoms with van der Waals surface area (Å²) < 4.78 is 5.42. The van der Waals surface area contributed by atoms with Crippen LogP contribution in [-0.4, -0.2) is 26.2 Å². The minimum atomic E-state index is 0.723. The zero-order chi connectivity index (χ0) is 13.9. The van der Waals surface area contributed by atoms with Crippen LogP contribution < -0.4 is 15.4 Å². The molecule has 1 rings (SSSR count). The molecule has 0 bridgehead atoms. The van der Waals surface area contributed by atoms with Crippen LogP contribution in [-0.2, 0) is 6.54 Å². The average Bonchev–Trinajstić information content (AvgIpc) is 2.39. The summed E-state index contributed by atoms with van der Waals surface area (Å²) in [6.45, 7) is 11.4. The second-order valence-corrected chi connectivity index (χ2v) is 5.21. The number of ether oxygens (including phenoxy) is 1. The summed E-state index contributed by atoms with van der Waals surface area (Å²) in [5.41, 5.74) is 1.30. The van der Waals surface area contributed by atoms with E-state index in [1.165, 1.54) is 12.0 Å². The van der Waals surface area contributed by atoms with Crippen molar-refractivity contribution in [3.8, 4) is 5.75 Å². The van der Waals surface area contributed by atoms with E-state index in [2.05, 4.69) is 36.6 Å². The Labute approximate surface area is 117 Å². The molecular formula is C16H28N2O. The summed E-state index contributed by atoms with van der Waals surface area (Å²) in [4.78, 5) is 0. The maximum Gasteiger partial charge on any atom is 0.119 e. The number of nitrogens with one attached hydrogen (secondary N) is 2. The fourth-order valence-electron chi connectivity index (χ4n) is 1.83. The molecule has 0 aliphatic carbocycles. The fraction of sp³-hybridized carbons (Fsp3) is 0.625. The quantitative estimate of drug-likeness (QED) is 0.638. The zero-order valence-corrected chi connectivity index (χ0v) is 12.5. The standard InChI is InChI=1S/C16H28N2O/c1-4-19-16-8-6-15(7-9-16)13-18-11-5-10-17-12-14(2)3/h6-9,14,17-18H,4-5,10-13H2,1-3H3. The Bertz CT molecular complexity index is 322. The van der Waals surface area contributed by atoms with Gasteiger partial charge in [-0.15, -0.1) is 0 Å². The molecule has 2 N–H and O–H groups in total. The number of hydrogen-bond donors (Lipinski definition) is 2. The summed E-state index contributed by atoms with van der Waals surface area (Å²) in [6.07, 6.45) is 1.17. The van der Waals surface area contributed by atoms with E-state index in [1.54, 1.807) is 0 Å². The van der Waals surface area contributed by atoms with E-state index in [-0.39, 0.29) is 0 Å². The minimum absolute atomic E-state index is 0.723. The third-order valence-corrected chi connectivity index (χ3v) is 2.82. The van der Waals surface area contributed by atoms with Gasteiger partial charge in [0.25, 0.3) is 0 Å². The lowest BCUT2D eigenvalue weighted by atomic mass is 10.2. The van der Waals surface area contributed by atoms with Crippen molar-refractivity contribution in [3.63, 3.8) is 0 Å². The first-order valence-corrected chi connectivity index (χ1v) is 7.35. The number of rotatable bonds is 10. The van der Waals surface area contributed by atoms with Crippen LogP contribution in [0, 0.1) is 5.92 Å². The molecule has 0 aromatic heterocycles. The highest BCUT2D eigenvalue weighted by atomic mass is 16.5. The summed E-state index contributed by atoms with van der Waals surface area (Å²) in [7, 11) is 0. The molecule has 1 aromatic rings. The van der Waals surface area contributed by atoms with Crippen LogP contribution in [0.1, 0.15) is 32.8 Å². The summed E-state index contributed by atoms with van der Waals surface area (Å²) in [5, 5.41) is 6.91. The largest absolute Gasteiger partial charge is 0.494 e. The molecule has 0 heterocycles. The van der Waals surface area contributed by atoms with Crippen LogP contribution in [0.3, 0.4) is 0 Å².